The summed E-state index contributed by atoms with van der Waals surface area (Å²) in [6, 6.07) is 5.60. The Labute approximate surface area is 81.7 Å². The molecule has 1 aromatic rings. The summed E-state index contributed by atoms with van der Waals surface area (Å²) in [5.41, 5.74) is 0. The van der Waals surface area contributed by atoms with Gasteiger partial charge in [-0.3, -0.25) is 0 Å². The van der Waals surface area contributed by atoms with Crippen molar-refractivity contribution >= 4 is 29.5 Å². The van der Waals surface area contributed by atoms with Crippen LogP contribution in [-0.2, 0) is 9.84 Å². The molecule has 6 heteroatoms. The van der Waals surface area contributed by atoms with Crippen LogP contribution in [0.25, 0.3) is 0 Å². The van der Waals surface area contributed by atoms with Crippen LogP contribution in [0.1, 0.15) is 0 Å². The number of rotatable bonds is 2. The molecule has 1 aromatic carbocycles. The van der Waals surface area contributed by atoms with E-state index in [-0.39, 0.29) is 4.90 Å². The van der Waals surface area contributed by atoms with Crippen molar-refractivity contribution in [1.29, 1.82) is 0 Å². The Bertz CT molecular complexity index is 381. The van der Waals surface area contributed by atoms with Gasteiger partial charge in [-0.05, 0) is 0 Å². The van der Waals surface area contributed by atoms with Crippen LogP contribution in [0.2, 0.25) is 0 Å². The van der Waals surface area contributed by atoms with Gasteiger partial charge in [-0.15, -0.1) is 0 Å². The quantitative estimate of drug-likeness (QED) is 0.656. The van der Waals surface area contributed by atoms with E-state index in [2.05, 4.69) is 0 Å². The van der Waals surface area contributed by atoms with E-state index < -0.39 is 25.2 Å². The molecule has 72 valence electrons. The second-order valence-electron chi connectivity index (χ2n) is 2.56. The average molecular weight is 264 g/mol. The van der Waals surface area contributed by atoms with E-state index in [4.69, 9.17) is 8.19 Å². The van der Waals surface area contributed by atoms with Crippen LogP contribution in [0.15, 0.2) is 29.2 Å². The van der Waals surface area contributed by atoms with E-state index in [0.29, 0.717) is 4.35 Å². The second-order valence-corrected chi connectivity index (χ2v) is 6.87. The molecule has 0 heterocycles. The number of hydrogen-bond acceptors (Lipinski definition) is 4. The third kappa shape index (κ3) is 2.81. The van der Waals surface area contributed by atoms with Crippen molar-refractivity contribution in [2.24, 2.45) is 0 Å². The number of sulfone groups is 1. The van der Waals surface area contributed by atoms with Crippen LogP contribution in [0.4, 0.5) is 0 Å². The zero-order valence-electron chi connectivity index (χ0n) is 6.88. The first-order valence-electron chi connectivity index (χ1n) is 3.39. The summed E-state index contributed by atoms with van der Waals surface area (Å²) >= 11 is -2.86. The predicted molar refractivity (Wildman–Crippen MR) is 49.4 cm³/mol. The minimum absolute atomic E-state index is 0.187. The first-order chi connectivity index (χ1) is 5.91. The van der Waals surface area contributed by atoms with Gasteiger partial charge in [-0.1, -0.05) is 0 Å². The number of benzene rings is 1. The molecule has 1 rings (SSSR count). The zero-order valence-corrected chi connectivity index (χ0v) is 9.57. The van der Waals surface area contributed by atoms with E-state index in [0.717, 1.165) is 6.26 Å². The monoisotopic (exact) mass is 264 g/mol. The van der Waals surface area contributed by atoms with Crippen molar-refractivity contribution in [3.8, 4) is 0 Å². The third-order valence-corrected chi connectivity index (χ3v) is 4.22. The van der Waals surface area contributed by atoms with Gasteiger partial charge in [0.1, 0.15) is 0 Å². The molecule has 2 N–H and O–H groups in total. The van der Waals surface area contributed by atoms with Crippen LogP contribution in [0, 0.1) is 0 Å². The molecule has 0 saturated heterocycles. The maximum atomic E-state index is 11.0. The standard InChI is InChI=1S/C7H9AsO4S/c1-13(11,12)7-4-2-6(3-5-7)8(9)10/h2-5,9-10H,1H3. The van der Waals surface area contributed by atoms with Gasteiger partial charge in [-0.25, -0.2) is 0 Å². The molecule has 4 nitrogen and oxygen atoms in total. The van der Waals surface area contributed by atoms with Gasteiger partial charge in [-0.2, -0.15) is 0 Å². The Morgan fingerprint density at radius 3 is 1.92 bits per heavy atom. The molecule has 0 spiro atoms. The van der Waals surface area contributed by atoms with Gasteiger partial charge in [0.2, 0.25) is 0 Å². The van der Waals surface area contributed by atoms with Crippen molar-refractivity contribution in [3.63, 3.8) is 0 Å². The molecule has 0 saturated carbocycles. The molecule has 0 amide bonds. The van der Waals surface area contributed by atoms with Gasteiger partial charge in [0, 0.05) is 0 Å². The fourth-order valence-electron chi connectivity index (χ4n) is 0.827. The van der Waals surface area contributed by atoms with Crippen molar-refractivity contribution < 1.29 is 16.6 Å². The molecule has 0 radical (unpaired) electrons. The fourth-order valence-corrected chi connectivity index (χ4v) is 2.33. The molecule has 0 atom stereocenters. The summed E-state index contributed by atoms with van der Waals surface area (Å²) in [6.45, 7) is 0. The predicted octanol–water partition coefficient (Wildman–Crippen LogP) is -1.23. The van der Waals surface area contributed by atoms with Gasteiger partial charge in [0.25, 0.3) is 0 Å². The summed E-state index contributed by atoms with van der Waals surface area (Å²) in [4.78, 5) is 0.187. The van der Waals surface area contributed by atoms with Crippen LogP contribution < -0.4 is 4.35 Å². The molecule has 0 aliphatic carbocycles. The molecular weight excluding hydrogens is 255 g/mol. The van der Waals surface area contributed by atoms with Crippen molar-refractivity contribution in [3.05, 3.63) is 24.3 Å². The summed E-state index contributed by atoms with van der Waals surface area (Å²) in [5.74, 6) is 0. The Kier molecular flexibility index (Phi) is 3.13. The Balaban J connectivity index is 3.08. The van der Waals surface area contributed by atoms with E-state index in [1.807, 2.05) is 0 Å². The SMILES string of the molecule is CS(=O)(=O)c1ccc([As](O)O)cc1. The van der Waals surface area contributed by atoms with Crippen molar-refractivity contribution in [1.82, 2.24) is 0 Å². The Hall–Kier alpha value is -0.352. The van der Waals surface area contributed by atoms with Crippen molar-refractivity contribution in [2.45, 2.75) is 4.90 Å². The van der Waals surface area contributed by atoms with E-state index in [1.165, 1.54) is 24.3 Å². The first-order valence-corrected chi connectivity index (χ1v) is 7.90. The summed E-state index contributed by atoms with van der Waals surface area (Å²) in [6.07, 6.45) is 1.11. The summed E-state index contributed by atoms with van der Waals surface area (Å²) < 4.78 is 40.2. The molecule has 0 unspecified atom stereocenters. The normalized spacial score (nSPS) is 12.0. The van der Waals surface area contributed by atoms with Crippen LogP contribution in [-0.4, -0.2) is 38.2 Å². The minimum atomic E-state index is -3.19. The topological polar surface area (TPSA) is 74.6 Å². The maximum absolute atomic E-state index is 11.0. The first kappa shape index (κ1) is 10.7. The molecule has 0 fully saturated rings. The Morgan fingerprint density at radius 2 is 1.62 bits per heavy atom. The Morgan fingerprint density at radius 1 is 1.15 bits per heavy atom. The average Bonchev–Trinajstić information content (AvgIpc) is 2.03. The van der Waals surface area contributed by atoms with E-state index >= 15 is 0 Å². The van der Waals surface area contributed by atoms with Crippen LogP contribution in [0.3, 0.4) is 0 Å². The molecule has 0 aliphatic heterocycles. The van der Waals surface area contributed by atoms with Gasteiger partial charge >= 0.3 is 81.5 Å². The summed E-state index contributed by atoms with van der Waals surface area (Å²) in [5, 5.41) is 0. The van der Waals surface area contributed by atoms with Gasteiger partial charge in [0.05, 0.1) is 0 Å². The summed E-state index contributed by atoms with van der Waals surface area (Å²) in [7, 11) is -3.19. The number of hydrogen-bond donors (Lipinski definition) is 2. The fraction of sp³-hybridized carbons (Fsp3) is 0.143. The molecule has 0 aromatic heterocycles. The van der Waals surface area contributed by atoms with Crippen molar-refractivity contribution in [2.75, 3.05) is 6.26 Å². The van der Waals surface area contributed by atoms with Gasteiger partial charge in [0.15, 0.2) is 0 Å². The van der Waals surface area contributed by atoms with Crippen LogP contribution >= 0.6 is 0 Å². The van der Waals surface area contributed by atoms with Gasteiger partial charge < -0.3 is 0 Å². The molecule has 13 heavy (non-hydrogen) atoms. The zero-order chi connectivity index (χ0) is 10.1. The van der Waals surface area contributed by atoms with E-state index in [1.54, 1.807) is 0 Å². The third-order valence-electron chi connectivity index (χ3n) is 1.50. The molecular formula is C7H9AsO4S. The molecule has 0 bridgehead atoms. The van der Waals surface area contributed by atoms with Crippen LogP contribution in [0.5, 0.6) is 0 Å². The molecule has 0 aliphatic rings. The second kappa shape index (κ2) is 3.80. The van der Waals surface area contributed by atoms with E-state index in [9.17, 15) is 8.42 Å².